The van der Waals surface area contributed by atoms with Gasteiger partial charge in [0.25, 0.3) is 0 Å². The summed E-state index contributed by atoms with van der Waals surface area (Å²) in [5.41, 5.74) is 0. The number of H-pyrrole nitrogens is 1. The molecule has 1 aliphatic rings. The molecule has 0 aromatic carbocycles. The Morgan fingerprint density at radius 3 is 2.53 bits per heavy atom. The molecule has 0 spiro atoms. The molecule has 5 heteroatoms. The van der Waals surface area contributed by atoms with Gasteiger partial charge in [-0.15, -0.1) is 0 Å². The monoisotopic (exact) mass is 227 g/mol. The van der Waals surface area contributed by atoms with E-state index in [1.165, 1.54) is 6.20 Å². The van der Waals surface area contributed by atoms with E-state index < -0.39 is 10.0 Å². The Bertz CT molecular complexity index is 410. The SMILES string of the molecule is O=S(=O)(c1ccc[nH+]c1)N1CCCCC1. The number of rotatable bonds is 2. The topological polar surface area (TPSA) is 51.5 Å². The van der Waals surface area contributed by atoms with Gasteiger partial charge in [0.05, 0.1) is 0 Å². The van der Waals surface area contributed by atoms with Crippen molar-refractivity contribution in [2.45, 2.75) is 24.2 Å². The Morgan fingerprint density at radius 2 is 1.93 bits per heavy atom. The molecule has 1 fully saturated rings. The molecule has 0 amide bonds. The summed E-state index contributed by atoms with van der Waals surface area (Å²) in [5, 5.41) is 0. The highest BCUT2D eigenvalue weighted by Gasteiger charge is 2.26. The van der Waals surface area contributed by atoms with Crippen LogP contribution in [0.15, 0.2) is 29.4 Å². The largest absolute Gasteiger partial charge is 0.248 e. The summed E-state index contributed by atoms with van der Waals surface area (Å²) in [4.78, 5) is 3.15. The second kappa shape index (κ2) is 4.28. The lowest BCUT2D eigenvalue weighted by atomic mass is 10.2. The molecule has 1 N–H and O–H groups in total. The number of pyridine rings is 1. The van der Waals surface area contributed by atoms with Gasteiger partial charge in [0.2, 0.25) is 10.0 Å². The highest BCUT2D eigenvalue weighted by Crippen LogP contribution is 2.18. The lowest BCUT2D eigenvalue weighted by Gasteiger charge is -2.25. The number of piperidine rings is 1. The summed E-state index contributed by atoms with van der Waals surface area (Å²) < 4.78 is 25.8. The fourth-order valence-electron chi connectivity index (χ4n) is 1.79. The number of aromatic amines is 1. The zero-order valence-electron chi connectivity index (χ0n) is 8.52. The smallest absolute Gasteiger partial charge is 0.217 e. The summed E-state index contributed by atoms with van der Waals surface area (Å²) >= 11 is 0. The van der Waals surface area contributed by atoms with Crippen molar-refractivity contribution in [3.8, 4) is 0 Å². The van der Waals surface area contributed by atoms with Crippen molar-refractivity contribution < 1.29 is 13.4 Å². The third kappa shape index (κ3) is 2.18. The first kappa shape index (κ1) is 10.6. The quantitative estimate of drug-likeness (QED) is 0.746. The lowest BCUT2D eigenvalue weighted by Crippen LogP contribution is -2.35. The van der Waals surface area contributed by atoms with E-state index in [2.05, 4.69) is 4.98 Å². The van der Waals surface area contributed by atoms with Gasteiger partial charge in [-0.05, 0) is 18.9 Å². The maximum Gasteiger partial charge on any atom is 0.248 e. The van der Waals surface area contributed by atoms with Gasteiger partial charge >= 0.3 is 0 Å². The number of hydrogen-bond donors (Lipinski definition) is 0. The van der Waals surface area contributed by atoms with Crippen molar-refractivity contribution in [1.29, 1.82) is 0 Å². The molecule has 2 rings (SSSR count). The number of sulfonamides is 1. The van der Waals surface area contributed by atoms with E-state index in [4.69, 9.17) is 0 Å². The molecule has 1 saturated heterocycles. The highest BCUT2D eigenvalue weighted by atomic mass is 32.2. The molecule has 82 valence electrons. The van der Waals surface area contributed by atoms with E-state index in [-0.39, 0.29) is 0 Å². The third-order valence-corrected chi connectivity index (χ3v) is 4.53. The van der Waals surface area contributed by atoms with Gasteiger partial charge < -0.3 is 0 Å². The first-order valence-corrected chi connectivity index (χ1v) is 6.61. The first-order chi connectivity index (χ1) is 7.21. The Labute approximate surface area is 90.0 Å². The van der Waals surface area contributed by atoms with Crippen LogP contribution < -0.4 is 4.98 Å². The van der Waals surface area contributed by atoms with E-state index in [0.717, 1.165) is 19.3 Å². The number of hydrogen-bond acceptors (Lipinski definition) is 2. The molecule has 0 unspecified atom stereocenters. The van der Waals surface area contributed by atoms with Crippen LogP contribution in [0.2, 0.25) is 0 Å². The van der Waals surface area contributed by atoms with Crippen LogP contribution in [0.25, 0.3) is 0 Å². The van der Waals surface area contributed by atoms with Crippen molar-refractivity contribution in [3.05, 3.63) is 24.5 Å². The van der Waals surface area contributed by atoms with Crippen molar-refractivity contribution in [3.63, 3.8) is 0 Å². The molecule has 1 aliphatic heterocycles. The minimum atomic E-state index is -3.26. The average Bonchev–Trinajstić information content (AvgIpc) is 2.31. The van der Waals surface area contributed by atoms with Gasteiger partial charge in [0.15, 0.2) is 12.4 Å². The summed E-state index contributed by atoms with van der Waals surface area (Å²) in [6, 6.07) is 3.33. The second-order valence-corrected chi connectivity index (χ2v) is 5.64. The number of aromatic nitrogens is 1. The Balaban J connectivity index is 2.26. The van der Waals surface area contributed by atoms with Crippen LogP contribution in [0.1, 0.15) is 19.3 Å². The summed E-state index contributed by atoms with van der Waals surface area (Å²) in [7, 11) is -3.26. The van der Waals surface area contributed by atoms with Crippen molar-refractivity contribution >= 4 is 10.0 Å². The Morgan fingerprint density at radius 1 is 1.20 bits per heavy atom. The van der Waals surface area contributed by atoms with E-state index >= 15 is 0 Å². The molecule has 1 aromatic heterocycles. The van der Waals surface area contributed by atoms with Gasteiger partial charge in [-0.25, -0.2) is 13.4 Å². The molecule has 0 bridgehead atoms. The van der Waals surface area contributed by atoms with Gasteiger partial charge in [-0.2, -0.15) is 4.31 Å². The number of nitrogens with zero attached hydrogens (tertiary/aromatic N) is 1. The Kier molecular flexibility index (Phi) is 3.02. The molecule has 0 radical (unpaired) electrons. The average molecular weight is 227 g/mol. The van der Waals surface area contributed by atoms with E-state index in [1.54, 1.807) is 22.6 Å². The molecule has 0 atom stereocenters. The molecule has 2 heterocycles. The molecule has 4 nitrogen and oxygen atoms in total. The maximum absolute atomic E-state index is 12.1. The van der Waals surface area contributed by atoms with Crippen LogP contribution in [0.5, 0.6) is 0 Å². The molecular formula is C10H15N2O2S+. The van der Waals surface area contributed by atoms with Gasteiger partial charge in [0.1, 0.15) is 4.90 Å². The minimum absolute atomic E-state index is 0.354. The predicted octanol–water partition coefficient (Wildman–Crippen LogP) is 0.675. The van der Waals surface area contributed by atoms with Crippen LogP contribution in [0, 0.1) is 0 Å². The molecule has 0 saturated carbocycles. The van der Waals surface area contributed by atoms with Crippen molar-refractivity contribution in [2.24, 2.45) is 0 Å². The first-order valence-electron chi connectivity index (χ1n) is 5.17. The minimum Gasteiger partial charge on any atom is -0.217 e. The molecule has 1 aromatic rings. The van der Waals surface area contributed by atoms with E-state index in [0.29, 0.717) is 18.0 Å². The fraction of sp³-hybridized carbons (Fsp3) is 0.500. The van der Waals surface area contributed by atoms with Crippen LogP contribution in [0.3, 0.4) is 0 Å². The maximum atomic E-state index is 12.1. The van der Waals surface area contributed by atoms with Crippen LogP contribution in [-0.2, 0) is 10.0 Å². The Hall–Kier alpha value is -0.940. The van der Waals surface area contributed by atoms with Crippen LogP contribution in [-0.4, -0.2) is 25.8 Å². The molecular weight excluding hydrogens is 212 g/mol. The molecule has 0 aliphatic carbocycles. The van der Waals surface area contributed by atoms with Gasteiger partial charge in [-0.3, -0.25) is 0 Å². The fourth-order valence-corrected chi connectivity index (χ4v) is 3.30. The standard InChI is InChI=1S/C10H14N2O2S/c13-15(14,10-5-4-6-11-9-10)12-7-2-1-3-8-12/h4-6,9H,1-3,7-8H2/p+1. The van der Waals surface area contributed by atoms with Crippen molar-refractivity contribution in [2.75, 3.05) is 13.1 Å². The lowest BCUT2D eigenvalue weighted by molar-refractivity contribution is -0.381. The summed E-state index contributed by atoms with van der Waals surface area (Å²) in [5.74, 6) is 0. The second-order valence-electron chi connectivity index (χ2n) is 3.70. The van der Waals surface area contributed by atoms with Crippen molar-refractivity contribution in [1.82, 2.24) is 4.31 Å². The third-order valence-electron chi connectivity index (χ3n) is 2.63. The highest BCUT2D eigenvalue weighted by molar-refractivity contribution is 7.89. The van der Waals surface area contributed by atoms with Crippen LogP contribution in [0.4, 0.5) is 0 Å². The van der Waals surface area contributed by atoms with Gasteiger partial charge in [0, 0.05) is 19.2 Å². The predicted molar refractivity (Wildman–Crippen MR) is 55.6 cm³/mol. The van der Waals surface area contributed by atoms with E-state index in [1.807, 2.05) is 0 Å². The summed E-state index contributed by atoms with van der Waals surface area (Å²) in [6.45, 7) is 1.30. The zero-order valence-corrected chi connectivity index (χ0v) is 9.33. The van der Waals surface area contributed by atoms with Gasteiger partial charge in [-0.1, -0.05) is 6.42 Å². The zero-order chi connectivity index (χ0) is 10.7. The summed E-state index contributed by atoms with van der Waals surface area (Å²) in [6.07, 6.45) is 6.30. The molecule has 15 heavy (non-hydrogen) atoms. The number of nitrogens with one attached hydrogen (secondary N) is 1. The van der Waals surface area contributed by atoms with Crippen LogP contribution >= 0.6 is 0 Å². The van der Waals surface area contributed by atoms with E-state index in [9.17, 15) is 8.42 Å². The normalized spacial score (nSPS) is 18.9.